The van der Waals surface area contributed by atoms with Gasteiger partial charge in [0.1, 0.15) is 0 Å². The molecule has 2 atom stereocenters. The van der Waals surface area contributed by atoms with Crippen LogP contribution in [0.3, 0.4) is 0 Å². The van der Waals surface area contributed by atoms with E-state index in [1.165, 1.54) is 0 Å². The van der Waals surface area contributed by atoms with Crippen molar-refractivity contribution < 1.29 is 13.5 Å². The van der Waals surface area contributed by atoms with E-state index in [4.69, 9.17) is 0 Å². The van der Waals surface area contributed by atoms with Gasteiger partial charge in [-0.2, -0.15) is 0 Å². The first-order valence-corrected chi connectivity index (χ1v) is 8.47. The van der Waals surface area contributed by atoms with Crippen LogP contribution < -0.4 is 0 Å². The van der Waals surface area contributed by atoms with Crippen LogP contribution in [0.2, 0.25) is 0 Å². The molecule has 19 heavy (non-hydrogen) atoms. The highest BCUT2D eigenvalue weighted by Gasteiger charge is 2.35. The second-order valence-electron chi connectivity index (χ2n) is 5.56. The lowest BCUT2D eigenvalue weighted by atomic mass is 10.1. The highest BCUT2D eigenvalue weighted by molar-refractivity contribution is 7.92. The monoisotopic (exact) mass is 282 g/mol. The molecule has 0 amide bonds. The molecule has 0 radical (unpaired) electrons. The summed E-state index contributed by atoms with van der Waals surface area (Å²) in [7, 11) is -3.43. The lowest BCUT2D eigenvalue weighted by Gasteiger charge is -2.21. The van der Waals surface area contributed by atoms with Gasteiger partial charge in [-0.1, -0.05) is 37.0 Å². The number of aliphatic hydroxyl groups is 1. The first-order chi connectivity index (χ1) is 8.93. The molecule has 0 aliphatic heterocycles. The van der Waals surface area contributed by atoms with Gasteiger partial charge in [-0.3, -0.25) is 0 Å². The van der Waals surface area contributed by atoms with Gasteiger partial charge in [-0.25, -0.2) is 8.42 Å². The second kappa shape index (κ2) is 5.63. The van der Waals surface area contributed by atoms with Crippen molar-refractivity contribution in [1.29, 1.82) is 0 Å². The minimum atomic E-state index is -3.43. The number of aryl methyl sites for hydroxylation is 2. The molecule has 1 saturated carbocycles. The Morgan fingerprint density at radius 3 is 2.47 bits per heavy atom. The van der Waals surface area contributed by atoms with Crippen LogP contribution in [0.25, 0.3) is 0 Å². The third kappa shape index (κ3) is 3.00. The molecule has 1 aromatic rings. The molecular weight excluding hydrogens is 260 g/mol. The van der Waals surface area contributed by atoms with Crippen molar-refractivity contribution in [1.82, 2.24) is 0 Å². The maximum atomic E-state index is 12.7. The van der Waals surface area contributed by atoms with Crippen LogP contribution in [-0.4, -0.2) is 24.9 Å². The highest BCUT2D eigenvalue weighted by Crippen LogP contribution is 2.30. The maximum absolute atomic E-state index is 12.7. The first-order valence-electron chi connectivity index (χ1n) is 6.92. The molecule has 2 unspecified atom stereocenters. The van der Waals surface area contributed by atoms with E-state index in [1.807, 2.05) is 26.0 Å². The van der Waals surface area contributed by atoms with Gasteiger partial charge in [0.2, 0.25) is 0 Å². The molecule has 2 rings (SSSR count). The van der Waals surface area contributed by atoms with E-state index in [1.54, 1.807) is 6.07 Å². The van der Waals surface area contributed by atoms with Gasteiger partial charge in [0, 0.05) is 0 Å². The zero-order valence-electron chi connectivity index (χ0n) is 11.6. The Morgan fingerprint density at radius 2 is 1.79 bits per heavy atom. The zero-order valence-corrected chi connectivity index (χ0v) is 12.4. The molecule has 0 saturated heterocycles. The van der Waals surface area contributed by atoms with Crippen LogP contribution in [0.15, 0.2) is 23.1 Å². The van der Waals surface area contributed by atoms with Gasteiger partial charge >= 0.3 is 0 Å². The molecule has 1 aromatic carbocycles. The fourth-order valence-electron chi connectivity index (χ4n) is 2.90. The van der Waals surface area contributed by atoms with E-state index >= 15 is 0 Å². The molecule has 0 spiro atoms. The summed E-state index contributed by atoms with van der Waals surface area (Å²) in [4.78, 5) is 0.379. The van der Waals surface area contributed by atoms with Crippen LogP contribution in [-0.2, 0) is 9.84 Å². The predicted molar refractivity (Wildman–Crippen MR) is 76.0 cm³/mol. The molecule has 1 N–H and O–H groups in total. The molecule has 106 valence electrons. The van der Waals surface area contributed by atoms with Crippen LogP contribution in [0, 0.1) is 13.8 Å². The third-order valence-electron chi connectivity index (χ3n) is 3.95. The molecule has 1 fully saturated rings. The van der Waals surface area contributed by atoms with Gasteiger partial charge in [0.05, 0.1) is 16.2 Å². The van der Waals surface area contributed by atoms with Crippen LogP contribution in [0.4, 0.5) is 0 Å². The summed E-state index contributed by atoms with van der Waals surface area (Å²) in [5.41, 5.74) is 1.83. The topological polar surface area (TPSA) is 54.4 Å². The van der Waals surface area contributed by atoms with E-state index in [0.717, 1.165) is 30.4 Å². The van der Waals surface area contributed by atoms with Gasteiger partial charge in [-0.05, 0) is 38.3 Å². The summed E-state index contributed by atoms with van der Waals surface area (Å²) in [5, 5.41) is 9.47. The van der Waals surface area contributed by atoms with Crippen molar-refractivity contribution in [3.05, 3.63) is 29.3 Å². The van der Waals surface area contributed by atoms with Crippen molar-refractivity contribution in [2.75, 3.05) is 0 Å². The van der Waals surface area contributed by atoms with E-state index in [2.05, 4.69) is 0 Å². The van der Waals surface area contributed by atoms with Crippen LogP contribution >= 0.6 is 0 Å². The Morgan fingerprint density at radius 1 is 1.11 bits per heavy atom. The lowest BCUT2D eigenvalue weighted by molar-refractivity contribution is 0.160. The maximum Gasteiger partial charge on any atom is 0.184 e. The largest absolute Gasteiger partial charge is 0.392 e. The fourth-order valence-corrected chi connectivity index (χ4v) is 5.02. The van der Waals surface area contributed by atoms with E-state index < -0.39 is 21.2 Å². The molecule has 3 nitrogen and oxygen atoms in total. The van der Waals surface area contributed by atoms with Gasteiger partial charge in [-0.15, -0.1) is 0 Å². The summed E-state index contributed by atoms with van der Waals surface area (Å²) >= 11 is 0. The predicted octanol–water partition coefficient (Wildman–Crippen LogP) is 2.77. The average molecular weight is 282 g/mol. The smallest absolute Gasteiger partial charge is 0.184 e. The van der Waals surface area contributed by atoms with Gasteiger partial charge in [0.25, 0.3) is 0 Å². The lowest BCUT2D eigenvalue weighted by Crippen LogP contribution is -2.33. The van der Waals surface area contributed by atoms with Crippen molar-refractivity contribution >= 4 is 9.84 Å². The molecule has 1 aliphatic carbocycles. The Kier molecular flexibility index (Phi) is 4.31. The molecule has 0 heterocycles. The minimum Gasteiger partial charge on any atom is -0.392 e. The Labute approximate surface area is 115 Å². The quantitative estimate of drug-likeness (QED) is 0.849. The summed E-state index contributed by atoms with van der Waals surface area (Å²) in [5.74, 6) is 0. The number of aliphatic hydroxyl groups excluding tert-OH is 1. The molecule has 0 bridgehead atoms. The zero-order chi connectivity index (χ0) is 14.0. The molecule has 1 aliphatic rings. The SMILES string of the molecule is Cc1ccc(S(=O)(=O)C2CCCCCC2O)c(C)c1. The summed E-state index contributed by atoms with van der Waals surface area (Å²) < 4.78 is 25.4. The minimum absolute atomic E-state index is 0.379. The number of hydrogen-bond donors (Lipinski definition) is 1. The van der Waals surface area contributed by atoms with Crippen LogP contribution in [0.1, 0.15) is 43.2 Å². The Bertz CT molecular complexity index is 549. The average Bonchev–Trinajstić information content (AvgIpc) is 2.53. The molecular formula is C15H22O3S. The first kappa shape index (κ1) is 14.5. The van der Waals surface area contributed by atoms with Crippen molar-refractivity contribution in [3.63, 3.8) is 0 Å². The number of hydrogen-bond acceptors (Lipinski definition) is 3. The van der Waals surface area contributed by atoms with E-state index in [-0.39, 0.29) is 0 Å². The number of rotatable bonds is 2. The molecule has 4 heteroatoms. The fraction of sp³-hybridized carbons (Fsp3) is 0.600. The normalized spacial score (nSPS) is 25.0. The number of benzene rings is 1. The van der Waals surface area contributed by atoms with Gasteiger partial charge in [0.15, 0.2) is 9.84 Å². The van der Waals surface area contributed by atoms with Crippen LogP contribution in [0.5, 0.6) is 0 Å². The highest BCUT2D eigenvalue weighted by atomic mass is 32.2. The molecule has 0 aromatic heterocycles. The van der Waals surface area contributed by atoms with Crippen molar-refractivity contribution in [3.8, 4) is 0 Å². The van der Waals surface area contributed by atoms with E-state index in [0.29, 0.717) is 17.7 Å². The van der Waals surface area contributed by atoms with E-state index in [9.17, 15) is 13.5 Å². The summed E-state index contributed by atoms with van der Waals surface area (Å²) in [6, 6.07) is 5.39. The van der Waals surface area contributed by atoms with Crippen molar-refractivity contribution in [2.24, 2.45) is 0 Å². The standard InChI is InChI=1S/C15H22O3S/c1-11-8-9-14(12(2)10-11)19(17,18)15-7-5-3-4-6-13(15)16/h8-10,13,15-16H,3-7H2,1-2H3. The van der Waals surface area contributed by atoms with Crippen molar-refractivity contribution in [2.45, 2.75) is 62.2 Å². The summed E-state index contributed by atoms with van der Waals surface area (Å²) in [6.07, 6.45) is 3.24. The Hall–Kier alpha value is -0.870. The summed E-state index contributed by atoms with van der Waals surface area (Å²) in [6.45, 7) is 3.77. The van der Waals surface area contributed by atoms with Gasteiger partial charge < -0.3 is 5.11 Å². The second-order valence-corrected chi connectivity index (χ2v) is 7.69. The third-order valence-corrected chi connectivity index (χ3v) is 6.37. The Balaban J connectivity index is 2.40. The number of sulfone groups is 1.